The van der Waals surface area contributed by atoms with Crippen molar-refractivity contribution in [1.29, 1.82) is 0 Å². The van der Waals surface area contributed by atoms with Crippen molar-refractivity contribution in [2.45, 2.75) is 54.0 Å². The summed E-state index contributed by atoms with van der Waals surface area (Å²) < 4.78 is 4.87. The van der Waals surface area contributed by atoms with Crippen LogP contribution in [0.15, 0.2) is 0 Å². The summed E-state index contributed by atoms with van der Waals surface area (Å²) >= 11 is 0. The minimum absolute atomic E-state index is 0.000512. The van der Waals surface area contributed by atoms with Gasteiger partial charge in [0, 0.05) is 12.5 Å². The Kier molecular flexibility index (Phi) is 6.21. The molecule has 17 heavy (non-hydrogen) atoms. The van der Waals surface area contributed by atoms with Crippen LogP contribution >= 0.6 is 0 Å². The zero-order chi connectivity index (χ0) is 13.6. The Morgan fingerprint density at radius 3 is 2.12 bits per heavy atom. The fraction of sp³-hybridized carbons (Fsp3) is 0.846. The lowest BCUT2D eigenvalue weighted by molar-refractivity contribution is -0.150. The van der Waals surface area contributed by atoms with Crippen LogP contribution in [0, 0.1) is 5.41 Å². The van der Waals surface area contributed by atoms with Gasteiger partial charge in [0.1, 0.15) is 6.54 Å². The lowest BCUT2D eigenvalue weighted by Gasteiger charge is -2.29. The number of ether oxygens (including phenoxy) is 1. The molecule has 0 N–H and O–H groups in total. The van der Waals surface area contributed by atoms with Crippen molar-refractivity contribution in [3.63, 3.8) is 0 Å². The molecule has 0 spiro atoms. The molecule has 0 fully saturated rings. The standard InChI is InChI=1S/C13H25NO3/c1-7-17-12(16)9-14(10(2)3)11(15)8-13(4,5)6/h10H,7-9H2,1-6H3. The van der Waals surface area contributed by atoms with Gasteiger partial charge in [-0.15, -0.1) is 0 Å². The van der Waals surface area contributed by atoms with E-state index in [0.29, 0.717) is 13.0 Å². The van der Waals surface area contributed by atoms with Gasteiger partial charge in [0.05, 0.1) is 6.61 Å². The van der Waals surface area contributed by atoms with Crippen molar-refractivity contribution in [1.82, 2.24) is 4.90 Å². The topological polar surface area (TPSA) is 46.6 Å². The molecule has 0 bridgehead atoms. The number of hydrogen-bond acceptors (Lipinski definition) is 3. The molecule has 0 atom stereocenters. The van der Waals surface area contributed by atoms with E-state index in [1.54, 1.807) is 11.8 Å². The summed E-state index contributed by atoms with van der Waals surface area (Å²) in [7, 11) is 0. The Balaban J connectivity index is 4.53. The van der Waals surface area contributed by atoms with Crippen LogP contribution in [0.3, 0.4) is 0 Å². The minimum Gasteiger partial charge on any atom is -0.465 e. The average Bonchev–Trinajstić information content (AvgIpc) is 2.11. The smallest absolute Gasteiger partial charge is 0.325 e. The van der Waals surface area contributed by atoms with Crippen molar-refractivity contribution in [2.75, 3.05) is 13.2 Å². The molecule has 0 unspecified atom stereocenters. The van der Waals surface area contributed by atoms with Crippen molar-refractivity contribution >= 4 is 11.9 Å². The van der Waals surface area contributed by atoms with Crippen LogP contribution in [0.5, 0.6) is 0 Å². The predicted octanol–water partition coefficient (Wildman–Crippen LogP) is 2.22. The lowest BCUT2D eigenvalue weighted by atomic mass is 9.91. The first kappa shape index (κ1) is 15.9. The fourth-order valence-electron chi connectivity index (χ4n) is 1.46. The first-order valence-corrected chi connectivity index (χ1v) is 6.12. The van der Waals surface area contributed by atoms with Crippen molar-refractivity contribution in [2.24, 2.45) is 5.41 Å². The molecule has 0 radical (unpaired) electrons. The summed E-state index contributed by atoms with van der Waals surface area (Å²) in [5.41, 5.74) is -0.0706. The summed E-state index contributed by atoms with van der Waals surface area (Å²) in [6.45, 7) is 12.0. The maximum atomic E-state index is 12.1. The highest BCUT2D eigenvalue weighted by Gasteiger charge is 2.25. The molecule has 0 aromatic carbocycles. The second-order valence-corrected chi connectivity index (χ2v) is 5.66. The van der Waals surface area contributed by atoms with Gasteiger partial charge in [-0.1, -0.05) is 20.8 Å². The Labute approximate surface area is 104 Å². The third-order valence-corrected chi connectivity index (χ3v) is 2.23. The van der Waals surface area contributed by atoms with E-state index in [1.807, 2.05) is 34.6 Å². The Hall–Kier alpha value is -1.06. The summed E-state index contributed by atoms with van der Waals surface area (Å²) in [4.78, 5) is 25.0. The minimum atomic E-state index is -0.344. The molecular weight excluding hydrogens is 218 g/mol. The maximum absolute atomic E-state index is 12.1. The normalized spacial score (nSPS) is 11.5. The summed E-state index contributed by atoms with van der Waals surface area (Å²) in [5, 5.41) is 0. The van der Waals surface area contributed by atoms with Gasteiger partial charge in [-0.2, -0.15) is 0 Å². The molecule has 1 amide bonds. The number of rotatable bonds is 5. The lowest BCUT2D eigenvalue weighted by Crippen LogP contribution is -2.42. The highest BCUT2D eigenvalue weighted by Crippen LogP contribution is 2.20. The molecule has 0 aromatic rings. The molecule has 0 rings (SSSR count). The SMILES string of the molecule is CCOC(=O)CN(C(=O)CC(C)(C)C)C(C)C. The Bertz CT molecular complexity index is 266. The van der Waals surface area contributed by atoms with E-state index in [2.05, 4.69) is 0 Å². The summed E-state index contributed by atoms with van der Waals surface area (Å²) in [6, 6.07) is 0.00857. The fourth-order valence-corrected chi connectivity index (χ4v) is 1.46. The van der Waals surface area contributed by atoms with Crippen LogP contribution in [-0.2, 0) is 14.3 Å². The van der Waals surface area contributed by atoms with Crippen LogP contribution in [0.4, 0.5) is 0 Å². The summed E-state index contributed by atoms with van der Waals surface area (Å²) in [5.74, 6) is -0.344. The van der Waals surface area contributed by atoms with E-state index >= 15 is 0 Å². The van der Waals surface area contributed by atoms with Gasteiger partial charge in [-0.05, 0) is 26.2 Å². The van der Waals surface area contributed by atoms with E-state index in [9.17, 15) is 9.59 Å². The first-order valence-electron chi connectivity index (χ1n) is 6.12. The average molecular weight is 243 g/mol. The van der Waals surface area contributed by atoms with E-state index in [1.165, 1.54) is 0 Å². The molecule has 0 saturated heterocycles. The molecule has 4 nitrogen and oxygen atoms in total. The molecule has 0 aliphatic carbocycles. The van der Waals surface area contributed by atoms with Crippen LogP contribution in [0.2, 0.25) is 0 Å². The molecule has 0 saturated carbocycles. The Morgan fingerprint density at radius 2 is 1.76 bits per heavy atom. The van der Waals surface area contributed by atoms with Gasteiger partial charge in [0.2, 0.25) is 5.91 Å². The molecule has 0 aliphatic heterocycles. The summed E-state index contributed by atoms with van der Waals surface area (Å²) in [6.07, 6.45) is 0.435. The van der Waals surface area contributed by atoms with Crippen LogP contribution in [0.1, 0.15) is 48.0 Å². The third-order valence-electron chi connectivity index (χ3n) is 2.23. The van der Waals surface area contributed by atoms with E-state index < -0.39 is 0 Å². The number of esters is 1. The number of nitrogens with zero attached hydrogens (tertiary/aromatic N) is 1. The molecule has 0 aromatic heterocycles. The highest BCUT2D eigenvalue weighted by molar-refractivity contribution is 5.82. The first-order chi connectivity index (χ1) is 7.67. The number of amides is 1. The Morgan fingerprint density at radius 1 is 1.24 bits per heavy atom. The number of carbonyl (C=O) groups is 2. The number of carbonyl (C=O) groups excluding carboxylic acids is 2. The second-order valence-electron chi connectivity index (χ2n) is 5.66. The van der Waals surface area contributed by atoms with Crippen molar-refractivity contribution < 1.29 is 14.3 Å². The van der Waals surface area contributed by atoms with Crippen molar-refractivity contribution in [3.05, 3.63) is 0 Å². The van der Waals surface area contributed by atoms with Crippen LogP contribution in [0.25, 0.3) is 0 Å². The van der Waals surface area contributed by atoms with E-state index in [0.717, 1.165) is 0 Å². The van der Waals surface area contributed by atoms with Gasteiger partial charge >= 0.3 is 5.97 Å². The predicted molar refractivity (Wildman–Crippen MR) is 67.6 cm³/mol. The highest BCUT2D eigenvalue weighted by atomic mass is 16.5. The van der Waals surface area contributed by atoms with Crippen LogP contribution < -0.4 is 0 Å². The number of hydrogen-bond donors (Lipinski definition) is 0. The van der Waals surface area contributed by atoms with Crippen molar-refractivity contribution in [3.8, 4) is 0 Å². The molecule has 100 valence electrons. The second kappa shape index (κ2) is 6.62. The van der Waals surface area contributed by atoms with Crippen LogP contribution in [-0.4, -0.2) is 36.0 Å². The van der Waals surface area contributed by atoms with Gasteiger partial charge in [-0.3, -0.25) is 9.59 Å². The molecule has 0 heterocycles. The van der Waals surface area contributed by atoms with Gasteiger partial charge in [0.15, 0.2) is 0 Å². The van der Waals surface area contributed by atoms with E-state index in [-0.39, 0.29) is 29.9 Å². The zero-order valence-electron chi connectivity index (χ0n) is 11.9. The quantitative estimate of drug-likeness (QED) is 0.696. The zero-order valence-corrected chi connectivity index (χ0v) is 11.9. The van der Waals surface area contributed by atoms with Gasteiger partial charge < -0.3 is 9.64 Å². The molecular formula is C13H25NO3. The largest absolute Gasteiger partial charge is 0.465 e. The molecule has 0 aliphatic rings. The maximum Gasteiger partial charge on any atom is 0.325 e. The molecule has 4 heteroatoms. The van der Waals surface area contributed by atoms with E-state index in [4.69, 9.17) is 4.74 Å². The monoisotopic (exact) mass is 243 g/mol. The third kappa shape index (κ3) is 6.97. The van der Waals surface area contributed by atoms with Gasteiger partial charge in [0.25, 0.3) is 0 Å². The van der Waals surface area contributed by atoms with Gasteiger partial charge in [-0.25, -0.2) is 0 Å².